The fourth-order valence-corrected chi connectivity index (χ4v) is 3.30. The Labute approximate surface area is 172 Å². The number of carbonyl (C=O) groups is 2. The Kier molecular flexibility index (Phi) is 6.25. The third kappa shape index (κ3) is 4.55. The van der Waals surface area contributed by atoms with E-state index in [1.54, 1.807) is 18.4 Å². The van der Waals surface area contributed by atoms with Gasteiger partial charge in [0.15, 0.2) is 5.69 Å². The Morgan fingerprint density at radius 1 is 1.33 bits per heavy atom. The van der Waals surface area contributed by atoms with E-state index in [0.717, 1.165) is 10.0 Å². The van der Waals surface area contributed by atoms with E-state index in [4.69, 9.17) is 16.3 Å². The first-order valence-corrected chi connectivity index (χ1v) is 10.1. The maximum atomic E-state index is 11.9. The lowest BCUT2D eigenvalue weighted by Crippen LogP contribution is -2.16. The first-order valence-electron chi connectivity index (χ1n) is 7.86. The quantitative estimate of drug-likeness (QED) is 0.434. The average Bonchev–Trinajstić information content (AvgIpc) is 3.29. The largest absolute Gasteiger partial charge is 0.461 e. The number of thiazole rings is 1. The molecule has 0 spiro atoms. The van der Waals surface area contributed by atoms with Crippen LogP contribution in [0.2, 0.25) is 0 Å². The molecule has 7 nitrogen and oxygen atoms in total. The molecule has 0 bridgehead atoms. The first kappa shape index (κ1) is 19.5. The second-order valence-corrected chi connectivity index (χ2v) is 7.27. The number of nitrogens with zero attached hydrogens (tertiary/aromatic N) is 3. The molecule has 0 aliphatic heterocycles. The molecule has 2 heterocycles. The Balaban J connectivity index is 2.00. The summed E-state index contributed by atoms with van der Waals surface area (Å²) in [4.78, 5) is 27.9. The van der Waals surface area contributed by atoms with Gasteiger partial charge in [0.2, 0.25) is 11.0 Å². The number of ether oxygens (including phenoxy) is 1. The van der Waals surface area contributed by atoms with Crippen molar-refractivity contribution >= 4 is 56.6 Å². The SMILES string of the molecule is CCOC(=O)c1csc(-n2nc(-c3ccc(Br)cc3)cc2NC(=O)CCl)n1. The van der Waals surface area contributed by atoms with Gasteiger partial charge in [0, 0.05) is 21.5 Å². The van der Waals surface area contributed by atoms with E-state index in [1.165, 1.54) is 16.0 Å². The number of benzene rings is 1. The number of esters is 1. The summed E-state index contributed by atoms with van der Waals surface area (Å²) in [5.41, 5.74) is 1.69. The molecular formula is C17H14BrClN4O3S. The fraction of sp³-hybridized carbons (Fsp3) is 0.176. The van der Waals surface area contributed by atoms with Crippen LogP contribution in [-0.2, 0) is 9.53 Å². The van der Waals surface area contributed by atoms with Crippen molar-refractivity contribution in [2.75, 3.05) is 17.8 Å². The summed E-state index contributed by atoms with van der Waals surface area (Å²) >= 11 is 10.2. The molecule has 0 atom stereocenters. The van der Waals surface area contributed by atoms with E-state index in [0.29, 0.717) is 16.6 Å². The van der Waals surface area contributed by atoms with Crippen LogP contribution in [0.1, 0.15) is 17.4 Å². The summed E-state index contributed by atoms with van der Waals surface area (Å²) in [6.45, 7) is 1.99. The van der Waals surface area contributed by atoms with Crippen molar-refractivity contribution in [1.82, 2.24) is 14.8 Å². The van der Waals surface area contributed by atoms with Crippen LogP contribution in [0.25, 0.3) is 16.4 Å². The van der Waals surface area contributed by atoms with Crippen LogP contribution in [0.5, 0.6) is 0 Å². The number of alkyl halides is 1. The number of hydrogen-bond donors (Lipinski definition) is 1. The number of amides is 1. The molecule has 27 heavy (non-hydrogen) atoms. The minimum absolute atomic E-state index is 0.187. The van der Waals surface area contributed by atoms with E-state index in [1.807, 2.05) is 24.3 Å². The molecule has 0 saturated carbocycles. The molecule has 0 fully saturated rings. The number of hydrogen-bond acceptors (Lipinski definition) is 6. The van der Waals surface area contributed by atoms with Gasteiger partial charge in [-0.2, -0.15) is 9.78 Å². The molecule has 0 radical (unpaired) electrons. The van der Waals surface area contributed by atoms with Crippen molar-refractivity contribution in [1.29, 1.82) is 0 Å². The molecule has 0 aliphatic rings. The summed E-state index contributed by atoms with van der Waals surface area (Å²) in [5.74, 6) is -0.664. The van der Waals surface area contributed by atoms with Crippen LogP contribution >= 0.6 is 38.9 Å². The highest BCUT2D eigenvalue weighted by atomic mass is 79.9. The minimum Gasteiger partial charge on any atom is -0.461 e. The zero-order valence-electron chi connectivity index (χ0n) is 14.1. The second-order valence-electron chi connectivity index (χ2n) is 5.25. The topological polar surface area (TPSA) is 86.1 Å². The van der Waals surface area contributed by atoms with Gasteiger partial charge < -0.3 is 10.1 Å². The zero-order valence-corrected chi connectivity index (χ0v) is 17.3. The number of aromatic nitrogens is 3. The fourth-order valence-electron chi connectivity index (χ4n) is 2.21. The van der Waals surface area contributed by atoms with Gasteiger partial charge in [-0.05, 0) is 19.1 Å². The highest BCUT2D eigenvalue weighted by molar-refractivity contribution is 9.10. The second kappa shape index (κ2) is 8.64. The van der Waals surface area contributed by atoms with Crippen LogP contribution in [-0.4, -0.2) is 39.1 Å². The Hall–Kier alpha value is -2.23. The van der Waals surface area contributed by atoms with E-state index in [9.17, 15) is 9.59 Å². The van der Waals surface area contributed by atoms with Crippen molar-refractivity contribution in [3.63, 3.8) is 0 Å². The molecule has 0 aliphatic carbocycles. The van der Waals surface area contributed by atoms with Crippen LogP contribution in [0.15, 0.2) is 40.2 Å². The molecule has 2 aromatic heterocycles. The van der Waals surface area contributed by atoms with Gasteiger partial charge in [-0.25, -0.2) is 9.78 Å². The highest BCUT2D eigenvalue weighted by Crippen LogP contribution is 2.27. The van der Waals surface area contributed by atoms with Crippen LogP contribution < -0.4 is 5.32 Å². The maximum Gasteiger partial charge on any atom is 0.357 e. The van der Waals surface area contributed by atoms with E-state index in [-0.39, 0.29) is 24.1 Å². The number of halogens is 2. The number of anilines is 1. The molecule has 3 rings (SSSR count). The van der Waals surface area contributed by atoms with Crippen molar-refractivity contribution in [3.05, 3.63) is 45.9 Å². The molecule has 140 valence electrons. The molecule has 1 amide bonds. The number of rotatable bonds is 6. The van der Waals surface area contributed by atoms with Crippen LogP contribution in [0.3, 0.4) is 0 Å². The van der Waals surface area contributed by atoms with E-state index in [2.05, 4.69) is 31.3 Å². The van der Waals surface area contributed by atoms with Gasteiger partial charge in [-0.15, -0.1) is 22.9 Å². The molecular weight excluding hydrogens is 456 g/mol. The third-order valence-corrected chi connectivity index (χ3v) is 4.98. The molecule has 0 unspecified atom stereocenters. The van der Waals surface area contributed by atoms with Crippen molar-refractivity contribution < 1.29 is 14.3 Å². The summed E-state index contributed by atoms with van der Waals surface area (Å²) in [7, 11) is 0. The predicted octanol–water partition coefficient (Wildman–Crippen LogP) is 4.11. The average molecular weight is 470 g/mol. The van der Waals surface area contributed by atoms with Crippen molar-refractivity contribution in [3.8, 4) is 16.4 Å². The van der Waals surface area contributed by atoms with Crippen molar-refractivity contribution in [2.24, 2.45) is 0 Å². The predicted molar refractivity (Wildman–Crippen MR) is 108 cm³/mol. The van der Waals surface area contributed by atoms with Gasteiger partial charge in [0.05, 0.1) is 12.3 Å². The lowest BCUT2D eigenvalue weighted by Gasteiger charge is -2.04. The molecule has 0 saturated heterocycles. The number of carbonyl (C=O) groups excluding carboxylic acids is 2. The first-order chi connectivity index (χ1) is 13.0. The smallest absolute Gasteiger partial charge is 0.357 e. The van der Waals surface area contributed by atoms with E-state index < -0.39 is 5.97 Å². The Bertz CT molecular complexity index is 971. The van der Waals surface area contributed by atoms with Crippen molar-refractivity contribution in [2.45, 2.75) is 6.92 Å². The van der Waals surface area contributed by atoms with E-state index >= 15 is 0 Å². The highest BCUT2D eigenvalue weighted by Gasteiger charge is 2.18. The summed E-state index contributed by atoms with van der Waals surface area (Å²) in [6, 6.07) is 9.31. The summed E-state index contributed by atoms with van der Waals surface area (Å²) in [5, 5.41) is 9.23. The minimum atomic E-state index is -0.508. The standard InChI is InChI=1S/C17H14BrClN4O3S/c1-2-26-16(25)13-9-27-17(20-13)23-14(21-15(24)8-19)7-12(22-23)10-3-5-11(18)6-4-10/h3-7,9H,2,8H2,1H3,(H,21,24). The summed E-state index contributed by atoms with van der Waals surface area (Å²) < 4.78 is 7.37. The molecule has 3 aromatic rings. The lowest BCUT2D eigenvalue weighted by atomic mass is 10.1. The van der Waals surface area contributed by atoms with Gasteiger partial charge >= 0.3 is 5.97 Å². The molecule has 10 heteroatoms. The maximum absolute atomic E-state index is 11.9. The normalized spacial score (nSPS) is 10.6. The molecule has 1 N–H and O–H groups in total. The summed E-state index contributed by atoms with van der Waals surface area (Å²) in [6.07, 6.45) is 0. The van der Waals surface area contributed by atoms with Crippen LogP contribution in [0.4, 0.5) is 5.82 Å². The number of nitrogens with one attached hydrogen (secondary N) is 1. The van der Waals surface area contributed by atoms with Gasteiger partial charge in [-0.3, -0.25) is 4.79 Å². The van der Waals surface area contributed by atoms with Crippen LogP contribution in [0, 0.1) is 0 Å². The van der Waals surface area contributed by atoms with Gasteiger partial charge in [0.25, 0.3) is 0 Å². The van der Waals surface area contributed by atoms with Gasteiger partial charge in [0.1, 0.15) is 11.7 Å². The monoisotopic (exact) mass is 468 g/mol. The Morgan fingerprint density at radius 2 is 2.07 bits per heavy atom. The van der Waals surface area contributed by atoms with Gasteiger partial charge in [-0.1, -0.05) is 28.1 Å². The lowest BCUT2D eigenvalue weighted by molar-refractivity contribution is -0.114. The Morgan fingerprint density at radius 3 is 2.74 bits per heavy atom. The molecule has 1 aromatic carbocycles. The third-order valence-electron chi connectivity index (χ3n) is 3.40. The zero-order chi connectivity index (χ0) is 19.4.